The Labute approximate surface area is 699 Å². The van der Waals surface area contributed by atoms with Gasteiger partial charge in [-0.1, -0.05) is 193 Å². The first-order valence-corrected chi connectivity index (χ1v) is 41.3. The highest BCUT2D eigenvalue weighted by Crippen LogP contribution is 2.41. The molecule has 17 rings (SSSR count). The number of phenolic OH excluding ortho intramolecular Hbond substituents is 4. The molecule has 120 heavy (non-hydrogen) atoms. The van der Waals surface area contributed by atoms with E-state index in [0.717, 1.165) is 164 Å². The third-order valence-corrected chi connectivity index (χ3v) is 21.7. The second-order valence-corrected chi connectivity index (χ2v) is 31.2. The van der Waals surface area contributed by atoms with Crippen LogP contribution in [0.3, 0.4) is 0 Å². The zero-order chi connectivity index (χ0) is 83.6. The van der Waals surface area contributed by atoms with E-state index in [1.807, 2.05) is 222 Å². The summed E-state index contributed by atoms with van der Waals surface area (Å²) in [6, 6.07) is 61.3. The van der Waals surface area contributed by atoms with Crippen molar-refractivity contribution in [3.05, 3.63) is 284 Å². The Balaban J connectivity index is 0.000000131. The number of rotatable bonds is 18. The highest BCUT2D eigenvalue weighted by Gasteiger charge is 2.29. The number of nitrogens with one attached hydrogen (secondary N) is 4. The molecule has 4 heterocycles. The Hall–Kier alpha value is -13.9. The minimum atomic E-state index is -0.181. The third-order valence-electron chi connectivity index (χ3n) is 21.7. The molecule has 0 saturated heterocycles. The monoisotopic (exact) mass is 1590 g/mol. The van der Waals surface area contributed by atoms with E-state index in [-0.39, 0.29) is 58.5 Å². The molecule has 1 unspecified atom stereocenters. The Morgan fingerprint density at radius 2 is 0.667 bits per heavy atom. The fourth-order valence-corrected chi connectivity index (χ4v) is 15.3. The van der Waals surface area contributed by atoms with E-state index < -0.39 is 0 Å². The molecular weight excluding hydrogens is 1500 g/mol. The number of aromatic hydroxyl groups is 4. The quantitative estimate of drug-likeness (QED) is 0.0396. The van der Waals surface area contributed by atoms with Crippen molar-refractivity contribution in [3.8, 4) is 68.0 Å². The highest BCUT2D eigenvalue weighted by molar-refractivity contribution is 5.96. The Morgan fingerprint density at radius 3 is 0.967 bits per heavy atom. The van der Waals surface area contributed by atoms with Gasteiger partial charge in [-0.25, -0.2) is 39.9 Å². The number of amides is 4. The molecular formula is C100H98N12O8. The van der Waals surface area contributed by atoms with Gasteiger partial charge in [-0.15, -0.1) is 0 Å². The summed E-state index contributed by atoms with van der Waals surface area (Å²) in [6.45, 7) is 9.39. The lowest BCUT2D eigenvalue weighted by Gasteiger charge is -2.22. The third kappa shape index (κ3) is 21.3. The van der Waals surface area contributed by atoms with Gasteiger partial charge in [0.2, 0.25) is 23.6 Å². The summed E-state index contributed by atoms with van der Waals surface area (Å²) in [5, 5.41) is 51.1. The summed E-state index contributed by atoms with van der Waals surface area (Å²) in [5.74, 6) is 3.37. The van der Waals surface area contributed by atoms with Crippen LogP contribution >= 0.6 is 0 Å². The van der Waals surface area contributed by atoms with Crippen LogP contribution in [0.15, 0.2) is 194 Å². The van der Waals surface area contributed by atoms with Crippen molar-refractivity contribution >= 4 is 95.5 Å². The van der Waals surface area contributed by atoms with Crippen molar-refractivity contribution in [3.63, 3.8) is 0 Å². The minimum absolute atomic E-state index is 0.0200. The van der Waals surface area contributed by atoms with Crippen LogP contribution in [0.2, 0.25) is 0 Å². The first kappa shape index (κ1) is 82.6. The molecule has 8 aromatic carbocycles. The van der Waals surface area contributed by atoms with E-state index in [1.54, 1.807) is 48.5 Å². The van der Waals surface area contributed by atoms with Gasteiger partial charge in [0.05, 0.1) is 45.6 Å². The van der Waals surface area contributed by atoms with Gasteiger partial charge in [0.1, 0.15) is 45.8 Å². The minimum Gasteiger partial charge on any atom is -0.508 e. The number of fused-ring (bicyclic) bond motifs is 12. The lowest BCUT2D eigenvalue weighted by Crippen LogP contribution is -2.22. The van der Waals surface area contributed by atoms with Gasteiger partial charge < -0.3 is 41.7 Å². The predicted octanol–water partition coefficient (Wildman–Crippen LogP) is 20.3. The van der Waals surface area contributed by atoms with E-state index >= 15 is 0 Å². The molecule has 12 aromatic rings. The molecule has 5 aliphatic carbocycles. The average molecular weight is 1600 g/mol. The lowest BCUT2D eigenvalue weighted by atomic mass is 9.87. The van der Waals surface area contributed by atoms with E-state index in [9.17, 15) is 39.6 Å². The fourth-order valence-electron chi connectivity index (χ4n) is 15.3. The average Bonchev–Trinajstić information content (AvgIpc) is 0.787. The molecule has 8 N–H and O–H groups in total. The first-order valence-electron chi connectivity index (χ1n) is 41.3. The Bertz CT molecular complexity index is 5870. The summed E-state index contributed by atoms with van der Waals surface area (Å²) in [5.41, 5.74) is 21.6. The number of carbonyl (C=O) groups is 4. The highest BCUT2D eigenvalue weighted by atomic mass is 16.3. The summed E-state index contributed by atoms with van der Waals surface area (Å²) in [4.78, 5) is 88.1. The normalized spacial score (nSPS) is 13.7. The number of phenols is 4. The van der Waals surface area contributed by atoms with Gasteiger partial charge in [-0.05, 0) is 224 Å². The van der Waals surface area contributed by atoms with Crippen molar-refractivity contribution in [2.24, 2.45) is 17.8 Å². The predicted molar refractivity (Wildman–Crippen MR) is 478 cm³/mol. The lowest BCUT2D eigenvalue weighted by molar-refractivity contribution is -0.119. The smallest absolute Gasteiger partial charge is 0.228 e. The Morgan fingerprint density at radius 1 is 0.367 bits per heavy atom. The molecule has 0 radical (unpaired) electrons. The van der Waals surface area contributed by atoms with Crippen LogP contribution in [-0.4, -0.2) is 83.9 Å². The maximum absolute atomic E-state index is 12.9. The summed E-state index contributed by atoms with van der Waals surface area (Å²) < 4.78 is 0. The molecule has 20 nitrogen and oxygen atoms in total. The number of carbonyl (C=O) groups excluding carboxylic acids is 4. The molecule has 4 aromatic heterocycles. The van der Waals surface area contributed by atoms with Crippen LogP contribution in [-0.2, 0) is 70.5 Å². The van der Waals surface area contributed by atoms with Crippen molar-refractivity contribution in [2.45, 2.75) is 137 Å². The number of nitrogens with zero attached hydrogens (tertiary/aromatic N) is 8. The maximum Gasteiger partial charge on any atom is 0.228 e. The summed E-state index contributed by atoms with van der Waals surface area (Å²) in [6.07, 6.45) is 29.2. The molecule has 1 atom stereocenters. The van der Waals surface area contributed by atoms with Crippen molar-refractivity contribution < 1.29 is 39.6 Å². The van der Waals surface area contributed by atoms with Gasteiger partial charge in [-0.2, -0.15) is 0 Å². The zero-order valence-electron chi connectivity index (χ0n) is 68.1. The zero-order valence-corrected chi connectivity index (χ0v) is 68.1. The van der Waals surface area contributed by atoms with Gasteiger partial charge in [0, 0.05) is 47.9 Å². The number of aromatic nitrogens is 8. The SMILES string of the molecule is CC(=O)Nc1nc2c(nc1/C=C/c1ccccc1)-c1ccc(O)cc1CC2.CC(C)CC(=O)Nc1nc2c(nc1/C=C/c1ccccc1)-c1ccc(O)cc1CC2.CCC(C)C(=O)Nc1nc2c(nc1/C=C/c1ccccc1)-c1ccc(O)cc1CC2.O=C(CC1CCCCC1)Nc1nc2c(nc1/C=C/c1ccccc1)-c1ccc(O)cc1CC2. The van der Waals surface area contributed by atoms with Crippen LogP contribution in [0.1, 0.15) is 176 Å². The van der Waals surface area contributed by atoms with E-state index in [2.05, 4.69) is 26.3 Å². The van der Waals surface area contributed by atoms with Crippen LogP contribution in [0.5, 0.6) is 23.0 Å². The summed E-state index contributed by atoms with van der Waals surface area (Å²) >= 11 is 0. The van der Waals surface area contributed by atoms with E-state index in [1.165, 1.54) is 26.2 Å². The second kappa shape index (κ2) is 38.9. The largest absolute Gasteiger partial charge is 0.508 e. The number of aryl methyl sites for hydroxylation is 8. The number of anilines is 4. The van der Waals surface area contributed by atoms with Crippen molar-refractivity contribution in [1.29, 1.82) is 0 Å². The number of hydrogen-bond donors (Lipinski definition) is 8. The summed E-state index contributed by atoms with van der Waals surface area (Å²) in [7, 11) is 0. The topological polar surface area (TPSA) is 300 Å². The van der Waals surface area contributed by atoms with Crippen molar-refractivity contribution in [2.75, 3.05) is 21.3 Å². The molecule has 606 valence electrons. The molecule has 5 aliphatic rings. The number of hydrogen-bond acceptors (Lipinski definition) is 16. The van der Waals surface area contributed by atoms with Crippen molar-refractivity contribution in [1.82, 2.24) is 39.9 Å². The molecule has 1 saturated carbocycles. The van der Waals surface area contributed by atoms with Gasteiger partial charge in [0.25, 0.3) is 0 Å². The molecule has 0 bridgehead atoms. The van der Waals surface area contributed by atoms with E-state index in [4.69, 9.17) is 34.9 Å². The van der Waals surface area contributed by atoms with Crippen LogP contribution < -0.4 is 21.3 Å². The number of benzene rings is 8. The van der Waals surface area contributed by atoms with Gasteiger partial charge in [-0.3, -0.25) is 19.2 Å². The second-order valence-electron chi connectivity index (χ2n) is 31.2. The van der Waals surface area contributed by atoms with E-state index in [0.29, 0.717) is 84.1 Å². The van der Waals surface area contributed by atoms with Crippen LogP contribution in [0.4, 0.5) is 23.3 Å². The molecule has 20 heteroatoms. The molecule has 0 spiro atoms. The Kier molecular flexibility index (Phi) is 26.8. The molecule has 0 aliphatic heterocycles. The maximum atomic E-state index is 12.9. The van der Waals surface area contributed by atoms with Gasteiger partial charge in [0.15, 0.2) is 23.3 Å². The first-order chi connectivity index (χ1) is 58.3. The van der Waals surface area contributed by atoms with Crippen LogP contribution in [0.25, 0.3) is 93.6 Å². The standard InChI is InChI=1S/C28H29N3O2.2C25H25N3O2.C22H19N3O2/c32-22-13-14-23-21(18-22)12-16-24-27(23)29-25(15-11-19-7-3-1-4-8-19)28(30-24)31-26(33)17-20-9-5-2-6-10-20;1-16(2)14-23(30)28-25-22(12-8-17-6-4-3-5-7-17)26-24-20-11-10-19(29)15-18(20)9-13-21(24)27-25;1-3-16(2)25(30)28-24-22(13-9-17-7-5-4-6-8-17)26-23-20-12-11-19(29)15-18(20)10-14-21(23)27-24;1-14(26)23-22-20(11-7-15-5-3-2-4-6-15)24-21-18-10-9-17(27)13-16(18)8-12-19(21)25-22/h1,3-4,7-8,11,13-15,18,20,32H,2,5-6,9-10,12,16-17H2,(H,30,31,33);3-8,10-12,15-16,29H,9,13-14H2,1-2H3,(H,27,28,30);4-9,11-13,15-16,29H,3,10,14H2,1-2H3,(H,27,28,30);2-7,9-11,13,27H,8,12H2,1H3,(H,23,25,26)/b15-11+;12-8+;13-9+;11-7+. The molecule has 1 fully saturated rings. The van der Waals surface area contributed by atoms with Gasteiger partial charge >= 0.3 is 0 Å². The molecule has 4 amide bonds. The fraction of sp³-hybridized carbons (Fsp3) is 0.240. The van der Waals surface area contributed by atoms with Crippen LogP contribution in [0, 0.1) is 17.8 Å².